The lowest BCUT2D eigenvalue weighted by Gasteiger charge is -2.23. The zero-order chi connectivity index (χ0) is 19.6. The highest BCUT2D eigenvalue weighted by atomic mass is 16.5. The molecule has 8 heteroatoms. The number of urea groups is 1. The van der Waals surface area contributed by atoms with Crippen LogP contribution in [0.2, 0.25) is 0 Å². The maximum Gasteiger partial charge on any atom is 0.327 e. The molecule has 2 N–H and O–H groups in total. The molecule has 0 atom stereocenters. The maximum atomic E-state index is 12.9. The summed E-state index contributed by atoms with van der Waals surface area (Å²) in [5.74, 6) is 1.65. The lowest BCUT2D eigenvalue weighted by atomic mass is 10.2. The van der Waals surface area contributed by atoms with Crippen LogP contribution >= 0.6 is 0 Å². The van der Waals surface area contributed by atoms with Crippen LogP contribution in [0.4, 0.5) is 22.2 Å². The van der Waals surface area contributed by atoms with Gasteiger partial charge in [-0.25, -0.2) is 14.7 Å². The fraction of sp³-hybridized carbons (Fsp3) is 0.421. The topological polar surface area (TPSA) is 88.6 Å². The molecule has 0 aliphatic rings. The second kappa shape index (κ2) is 10.3. The van der Waals surface area contributed by atoms with Crippen molar-refractivity contribution < 1.29 is 14.3 Å². The molecule has 2 aromatic rings. The van der Waals surface area contributed by atoms with Crippen LogP contribution in [0.25, 0.3) is 0 Å². The van der Waals surface area contributed by atoms with E-state index in [4.69, 9.17) is 9.47 Å². The number of aromatic nitrogens is 2. The number of nitrogens with zero attached hydrogens (tertiary/aromatic N) is 3. The van der Waals surface area contributed by atoms with Gasteiger partial charge in [-0.15, -0.1) is 0 Å². The second-order valence-electron chi connectivity index (χ2n) is 6.15. The SMILES string of the molecule is COCCCNC(=O)N(c1ccc(OC)cc1)c1ccnc(NC(C)C)n1. The minimum absolute atomic E-state index is 0.178. The summed E-state index contributed by atoms with van der Waals surface area (Å²) in [5.41, 5.74) is 0.675. The molecule has 2 amide bonds. The number of benzene rings is 1. The molecule has 8 nitrogen and oxygen atoms in total. The monoisotopic (exact) mass is 373 g/mol. The van der Waals surface area contributed by atoms with E-state index >= 15 is 0 Å². The Hall–Kier alpha value is -2.87. The molecule has 27 heavy (non-hydrogen) atoms. The molecular weight excluding hydrogens is 346 g/mol. The lowest BCUT2D eigenvalue weighted by Crippen LogP contribution is -2.38. The first-order valence-electron chi connectivity index (χ1n) is 8.85. The predicted molar refractivity (Wildman–Crippen MR) is 106 cm³/mol. The molecule has 0 saturated heterocycles. The minimum atomic E-state index is -0.273. The van der Waals surface area contributed by atoms with E-state index in [0.717, 1.165) is 6.42 Å². The van der Waals surface area contributed by atoms with Crippen molar-refractivity contribution >= 4 is 23.5 Å². The normalized spacial score (nSPS) is 10.6. The third-order valence-electron chi connectivity index (χ3n) is 3.62. The van der Waals surface area contributed by atoms with Crippen LogP contribution in [0, 0.1) is 0 Å². The van der Waals surface area contributed by atoms with Crippen LogP contribution in [0.5, 0.6) is 5.75 Å². The van der Waals surface area contributed by atoms with Crippen molar-refractivity contribution in [3.05, 3.63) is 36.5 Å². The summed E-state index contributed by atoms with van der Waals surface area (Å²) in [5, 5.41) is 6.05. The molecule has 146 valence electrons. The quantitative estimate of drug-likeness (QED) is 0.656. The van der Waals surface area contributed by atoms with Gasteiger partial charge in [0.1, 0.15) is 11.6 Å². The van der Waals surface area contributed by atoms with Gasteiger partial charge in [-0.3, -0.25) is 0 Å². The molecule has 0 unspecified atom stereocenters. The van der Waals surface area contributed by atoms with Gasteiger partial charge < -0.3 is 20.1 Å². The molecule has 0 spiro atoms. The molecule has 0 fully saturated rings. The Balaban J connectivity index is 2.29. The van der Waals surface area contributed by atoms with Crippen molar-refractivity contribution in [2.24, 2.45) is 0 Å². The molecule has 2 rings (SSSR count). The second-order valence-corrected chi connectivity index (χ2v) is 6.15. The molecule has 1 heterocycles. The highest BCUT2D eigenvalue weighted by Crippen LogP contribution is 2.26. The van der Waals surface area contributed by atoms with Gasteiger partial charge in [-0.2, -0.15) is 4.98 Å². The zero-order valence-electron chi connectivity index (χ0n) is 16.2. The van der Waals surface area contributed by atoms with Crippen LogP contribution < -0.4 is 20.3 Å². The fourth-order valence-electron chi connectivity index (χ4n) is 2.38. The largest absolute Gasteiger partial charge is 0.497 e. The number of methoxy groups -OCH3 is 2. The van der Waals surface area contributed by atoms with Crippen LogP contribution in [0.3, 0.4) is 0 Å². The molecule has 1 aromatic carbocycles. The highest BCUT2D eigenvalue weighted by molar-refractivity contribution is 5.98. The minimum Gasteiger partial charge on any atom is -0.497 e. The molecule has 1 aromatic heterocycles. The van der Waals surface area contributed by atoms with E-state index in [1.54, 1.807) is 38.6 Å². The number of hydrogen-bond acceptors (Lipinski definition) is 6. The fourth-order valence-corrected chi connectivity index (χ4v) is 2.38. The van der Waals surface area contributed by atoms with Crippen LogP contribution in [-0.4, -0.2) is 49.4 Å². The van der Waals surface area contributed by atoms with E-state index in [-0.39, 0.29) is 12.1 Å². The van der Waals surface area contributed by atoms with Gasteiger partial charge in [0.05, 0.1) is 12.8 Å². The van der Waals surface area contributed by atoms with Gasteiger partial charge in [0, 0.05) is 38.6 Å². The summed E-state index contributed by atoms with van der Waals surface area (Å²) in [6.07, 6.45) is 2.35. The average Bonchev–Trinajstić information content (AvgIpc) is 2.66. The van der Waals surface area contributed by atoms with E-state index in [1.807, 2.05) is 26.0 Å². The van der Waals surface area contributed by atoms with Gasteiger partial charge in [-0.05, 0) is 44.5 Å². The Morgan fingerprint density at radius 2 is 1.93 bits per heavy atom. The van der Waals surface area contributed by atoms with Crippen LogP contribution in [-0.2, 0) is 4.74 Å². The van der Waals surface area contributed by atoms with Crippen LogP contribution in [0.15, 0.2) is 36.5 Å². The third-order valence-corrected chi connectivity index (χ3v) is 3.62. The summed E-state index contributed by atoms with van der Waals surface area (Å²) in [6, 6.07) is 8.83. The number of nitrogens with one attached hydrogen (secondary N) is 2. The van der Waals surface area contributed by atoms with Gasteiger partial charge in [0.25, 0.3) is 0 Å². The summed E-state index contributed by atoms with van der Waals surface area (Å²) in [7, 11) is 3.24. The maximum absolute atomic E-state index is 12.9. The van der Waals surface area contributed by atoms with Crippen molar-refractivity contribution in [2.45, 2.75) is 26.3 Å². The Kier molecular flexibility index (Phi) is 7.81. The van der Waals surface area contributed by atoms with E-state index in [9.17, 15) is 4.79 Å². The first kappa shape index (κ1) is 20.4. The predicted octanol–water partition coefficient (Wildman–Crippen LogP) is 3.19. The number of hydrogen-bond donors (Lipinski definition) is 2. The van der Waals surface area contributed by atoms with Crippen molar-refractivity contribution in [1.82, 2.24) is 15.3 Å². The molecule has 0 aliphatic carbocycles. The number of amides is 2. The highest BCUT2D eigenvalue weighted by Gasteiger charge is 2.20. The molecule has 0 bridgehead atoms. The molecule has 0 saturated carbocycles. The van der Waals surface area contributed by atoms with Crippen molar-refractivity contribution in [3.63, 3.8) is 0 Å². The molecular formula is C19H27N5O3. The number of rotatable bonds is 9. The number of anilines is 3. The van der Waals surface area contributed by atoms with E-state index in [0.29, 0.717) is 36.4 Å². The Morgan fingerprint density at radius 1 is 1.19 bits per heavy atom. The van der Waals surface area contributed by atoms with E-state index < -0.39 is 0 Å². The Morgan fingerprint density at radius 3 is 2.56 bits per heavy atom. The number of ether oxygens (including phenoxy) is 2. The standard InChI is InChI=1S/C19H27N5O3/c1-14(2)22-18-20-12-10-17(23-18)24(19(25)21-11-5-13-26-3)15-6-8-16(27-4)9-7-15/h6-10,12,14H,5,11,13H2,1-4H3,(H,21,25)(H,20,22,23). The summed E-state index contributed by atoms with van der Waals surface area (Å²) >= 11 is 0. The van der Waals surface area contributed by atoms with Crippen molar-refractivity contribution in [3.8, 4) is 5.75 Å². The molecule has 0 aliphatic heterocycles. The van der Waals surface area contributed by atoms with Crippen molar-refractivity contribution in [2.75, 3.05) is 37.6 Å². The van der Waals surface area contributed by atoms with Crippen LogP contribution in [0.1, 0.15) is 20.3 Å². The van der Waals surface area contributed by atoms with Gasteiger partial charge in [-0.1, -0.05) is 0 Å². The summed E-state index contributed by atoms with van der Waals surface area (Å²) in [4.78, 5) is 23.1. The average molecular weight is 373 g/mol. The number of carbonyl (C=O) groups excluding carboxylic acids is 1. The third kappa shape index (κ3) is 6.10. The summed E-state index contributed by atoms with van der Waals surface area (Å²) < 4.78 is 10.2. The lowest BCUT2D eigenvalue weighted by molar-refractivity contribution is 0.194. The Bertz CT molecular complexity index is 722. The van der Waals surface area contributed by atoms with E-state index in [1.165, 1.54) is 4.90 Å². The Labute approximate surface area is 159 Å². The zero-order valence-corrected chi connectivity index (χ0v) is 16.2. The van der Waals surface area contributed by atoms with Gasteiger partial charge in [0.2, 0.25) is 5.95 Å². The van der Waals surface area contributed by atoms with Crippen molar-refractivity contribution in [1.29, 1.82) is 0 Å². The molecule has 0 radical (unpaired) electrons. The van der Waals surface area contributed by atoms with E-state index in [2.05, 4.69) is 20.6 Å². The first-order valence-corrected chi connectivity index (χ1v) is 8.85. The van der Waals surface area contributed by atoms with Gasteiger partial charge in [0.15, 0.2) is 0 Å². The first-order chi connectivity index (χ1) is 13.0. The summed E-state index contributed by atoms with van der Waals surface area (Å²) in [6.45, 7) is 5.08. The number of carbonyl (C=O) groups is 1. The van der Waals surface area contributed by atoms with Gasteiger partial charge >= 0.3 is 6.03 Å². The smallest absolute Gasteiger partial charge is 0.327 e.